The summed E-state index contributed by atoms with van der Waals surface area (Å²) >= 11 is 0. The molecule has 4 rings (SSSR count). The van der Waals surface area contributed by atoms with Crippen molar-refractivity contribution >= 4 is 0 Å². The van der Waals surface area contributed by atoms with Gasteiger partial charge in [0.15, 0.2) is 5.79 Å². The average Bonchev–Trinajstić information content (AvgIpc) is 2.92. The quantitative estimate of drug-likeness (QED) is 0.456. The Morgan fingerprint density at radius 2 is 1.77 bits per heavy atom. The predicted molar refractivity (Wildman–Crippen MR) is 93.8 cm³/mol. The molecule has 0 aromatic carbocycles. The number of rotatable bonds is 2. The zero-order valence-electron chi connectivity index (χ0n) is 16.0. The van der Waals surface area contributed by atoms with E-state index in [1.165, 1.54) is 0 Å². The number of aliphatic hydroxyl groups is 5. The van der Waals surface area contributed by atoms with Crippen molar-refractivity contribution in [2.45, 2.75) is 77.2 Å². The first-order valence-corrected chi connectivity index (χ1v) is 9.82. The van der Waals surface area contributed by atoms with E-state index in [1.54, 1.807) is 0 Å². The highest BCUT2D eigenvalue weighted by Crippen LogP contribution is 2.68. The Bertz CT molecular complexity index is 646. The van der Waals surface area contributed by atoms with Crippen molar-refractivity contribution in [3.05, 3.63) is 11.1 Å². The van der Waals surface area contributed by atoms with Crippen LogP contribution in [0, 0.1) is 28.6 Å². The summed E-state index contributed by atoms with van der Waals surface area (Å²) in [7, 11) is 0. The highest BCUT2D eigenvalue weighted by atomic mass is 16.7. The first-order chi connectivity index (χ1) is 12.0. The van der Waals surface area contributed by atoms with Crippen LogP contribution in [0.3, 0.4) is 0 Å². The second-order valence-electron chi connectivity index (χ2n) is 9.68. The predicted octanol–water partition coefficient (Wildman–Crippen LogP) is 0.558. The molecule has 148 valence electrons. The Morgan fingerprint density at radius 3 is 2.35 bits per heavy atom. The standard InChI is InChI=1S/C20H32O6/c1-9(2)13-14-11-7-12-10(8-21)16(23)20(25,26-12)19(11,4)6-5-18(14,3)17(24)15(13)22/h9-12,15-17,21-25H,5-8H2,1-4H3/t10-,11+,12+,15-,16+,17+,18+,19+,20+/m0/s1. The van der Waals surface area contributed by atoms with Crippen molar-refractivity contribution in [1.29, 1.82) is 0 Å². The van der Waals surface area contributed by atoms with Crippen LogP contribution in [-0.4, -0.2) is 62.3 Å². The van der Waals surface area contributed by atoms with Gasteiger partial charge in [0.05, 0.1) is 18.8 Å². The molecule has 0 unspecified atom stereocenters. The number of fused-ring (bicyclic) bond motifs is 6. The minimum atomic E-state index is -1.72. The lowest BCUT2D eigenvalue weighted by Crippen LogP contribution is -2.62. The van der Waals surface area contributed by atoms with Crippen molar-refractivity contribution in [1.82, 2.24) is 0 Å². The third-order valence-corrected chi connectivity index (χ3v) is 8.21. The van der Waals surface area contributed by atoms with Gasteiger partial charge in [-0.2, -0.15) is 0 Å². The van der Waals surface area contributed by atoms with Gasteiger partial charge < -0.3 is 30.3 Å². The maximum Gasteiger partial charge on any atom is 0.198 e. The zero-order valence-corrected chi connectivity index (χ0v) is 16.0. The first kappa shape index (κ1) is 18.8. The molecule has 2 bridgehead atoms. The average molecular weight is 368 g/mol. The minimum absolute atomic E-state index is 0.0764. The van der Waals surface area contributed by atoms with Gasteiger partial charge in [-0.1, -0.05) is 33.3 Å². The molecule has 4 aliphatic rings. The minimum Gasteiger partial charge on any atom is -0.396 e. The summed E-state index contributed by atoms with van der Waals surface area (Å²) in [5, 5.41) is 53.5. The molecular formula is C20H32O6. The summed E-state index contributed by atoms with van der Waals surface area (Å²) in [5.41, 5.74) is 0.649. The summed E-state index contributed by atoms with van der Waals surface area (Å²) < 4.78 is 5.90. The molecule has 0 aromatic heterocycles. The molecule has 6 nitrogen and oxygen atoms in total. The summed E-state index contributed by atoms with van der Waals surface area (Å²) in [6, 6.07) is 0. The van der Waals surface area contributed by atoms with Crippen LogP contribution in [0.2, 0.25) is 0 Å². The van der Waals surface area contributed by atoms with E-state index in [0.29, 0.717) is 19.3 Å². The van der Waals surface area contributed by atoms with Gasteiger partial charge in [-0.25, -0.2) is 0 Å². The molecule has 0 amide bonds. The first-order valence-electron chi connectivity index (χ1n) is 9.82. The monoisotopic (exact) mass is 368 g/mol. The molecular weight excluding hydrogens is 336 g/mol. The molecule has 0 aromatic rings. The third kappa shape index (κ3) is 1.93. The Labute approximate surface area is 154 Å². The van der Waals surface area contributed by atoms with Gasteiger partial charge in [0.1, 0.15) is 12.2 Å². The number of hydrogen-bond acceptors (Lipinski definition) is 6. The lowest BCUT2D eigenvalue weighted by Gasteiger charge is -2.58. The van der Waals surface area contributed by atoms with Crippen LogP contribution in [-0.2, 0) is 4.74 Å². The van der Waals surface area contributed by atoms with E-state index in [9.17, 15) is 25.5 Å². The van der Waals surface area contributed by atoms with Gasteiger partial charge in [0.25, 0.3) is 0 Å². The number of ether oxygens (including phenoxy) is 1. The van der Waals surface area contributed by atoms with Crippen molar-refractivity contribution in [3.8, 4) is 0 Å². The SMILES string of the molecule is CC(C)C1=C2[C@H]3C[C@H]4O[C@](O)([C@H](O)[C@H]4CO)[C@]3(C)CC[C@@]2(C)[C@H](O)[C@H]1O. The topological polar surface area (TPSA) is 110 Å². The van der Waals surface area contributed by atoms with E-state index in [1.807, 2.05) is 27.7 Å². The molecule has 2 heterocycles. The second kappa shape index (κ2) is 5.52. The molecule has 26 heavy (non-hydrogen) atoms. The van der Waals surface area contributed by atoms with Crippen LogP contribution in [0.1, 0.15) is 47.0 Å². The van der Waals surface area contributed by atoms with Gasteiger partial charge in [-0.05, 0) is 36.7 Å². The van der Waals surface area contributed by atoms with Crippen LogP contribution in [0.5, 0.6) is 0 Å². The largest absolute Gasteiger partial charge is 0.396 e. The highest BCUT2D eigenvalue weighted by Gasteiger charge is 2.72. The van der Waals surface area contributed by atoms with Gasteiger partial charge >= 0.3 is 0 Å². The highest BCUT2D eigenvalue weighted by molar-refractivity contribution is 5.42. The van der Waals surface area contributed by atoms with Gasteiger partial charge in [-0.3, -0.25) is 0 Å². The van der Waals surface area contributed by atoms with E-state index in [-0.39, 0.29) is 18.4 Å². The van der Waals surface area contributed by atoms with Crippen molar-refractivity contribution in [2.75, 3.05) is 6.61 Å². The van der Waals surface area contributed by atoms with E-state index >= 15 is 0 Å². The van der Waals surface area contributed by atoms with E-state index in [2.05, 4.69) is 0 Å². The Hall–Kier alpha value is -0.500. The van der Waals surface area contributed by atoms with E-state index in [4.69, 9.17) is 4.74 Å². The molecule has 9 atom stereocenters. The van der Waals surface area contributed by atoms with Crippen LogP contribution in [0.25, 0.3) is 0 Å². The van der Waals surface area contributed by atoms with Crippen LogP contribution in [0.15, 0.2) is 11.1 Å². The summed E-state index contributed by atoms with van der Waals surface area (Å²) in [6.07, 6.45) is -1.57. The van der Waals surface area contributed by atoms with Crippen LogP contribution >= 0.6 is 0 Å². The summed E-state index contributed by atoms with van der Waals surface area (Å²) in [5.74, 6) is -2.27. The lowest BCUT2D eigenvalue weighted by molar-refractivity contribution is -0.328. The Morgan fingerprint density at radius 1 is 1.12 bits per heavy atom. The van der Waals surface area contributed by atoms with Gasteiger partial charge in [0, 0.05) is 16.7 Å². The molecule has 0 radical (unpaired) electrons. The fraction of sp³-hybridized carbons (Fsp3) is 0.900. The normalized spacial score (nSPS) is 56.1. The number of aliphatic hydroxyl groups excluding tert-OH is 4. The molecule has 1 saturated carbocycles. The van der Waals surface area contributed by atoms with Gasteiger partial charge in [0.2, 0.25) is 0 Å². The van der Waals surface area contributed by atoms with Crippen molar-refractivity contribution in [3.63, 3.8) is 0 Å². The van der Waals surface area contributed by atoms with Gasteiger partial charge in [-0.15, -0.1) is 0 Å². The Kier molecular flexibility index (Phi) is 4.00. The number of hydrogen-bond donors (Lipinski definition) is 5. The second-order valence-corrected chi connectivity index (χ2v) is 9.68. The molecule has 2 aliphatic carbocycles. The third-order valence-electron chi connectivity index (χ3n) is 8.21. The Balaban J connectivity index is 1.89. The van der Waals surface area contributed by atoms with Crippen LogP contribution < -0.4 is 0 Å². The molecule has 0 spiro atoms. The zero-order chi connectivity index (χ0) is 19.2. The molecule has 3 fully saturated rings. The molecule has 6 heteroatoms. The maximum absolute atomic E-state index is 11.4. The van der Waals surface area contributed by atoms with Crippen molar-refractivity contribution in [2.24, 2.45) is 28.6 Å². The fourth-order valence-electron chi connectivity index (χ4n) is 6.55. The summed E-state index contributed by atoms with van der Waals surface area (Å²) in [6.45, 7) is 7.74. The summed E-state index contributed by atoms with van der Waals surface area (Å²) in [4.78, 5) is 0. The smallest absolute Gasteiger partial charge is 0.198 e. The van der Waals surface area contributed by atoms with Crippen LogP contribution in [0.4, 0.5) is 0 Å². The van der Waals surface area contributed by atoms with E-state index < -0.39 is 47.0 Å². The van der Waals surface area contributed by atoms with Crippen molar-refractivity contribution < 1.29 is 30.3 Å². The van der Waals surface area contributed by atoms with E-state index in [0.717, 1.165) is 11.1 Å². The molecule has 5 N–H and O–H groups in total. The molecule has 2 saturated heterocycles. The molecule has 2 aliphatic heterocycles. The maximum atomic E-state index is 11.4. The lowest BCUT2D eigenvalue weighted by atomic mass is 9.52. The fourth-order valence-corrected chi connectivity index (χ4v) is 6.55.